The number of anilines is 4. The van der Waals surface area contributed by atoms with Crippen molar-refractivity contribution in [3.63, 3.8) is 0 Å². The summed E-state index contributed by atoms with van der Waals surface area (Å²) in [6.07, 6.45) is -0.969. The van der Waals surface area contributed by atoms with Crippen LogP contribution in [0.5, 0.6) is 0 Å². The molecule has 0 aliphatic carbocycles. The highest BCUT2D eigenvalue weighted by molar-refractivity contribution is 6.11. The van der Waals surface area contributed by atoms with Gasteiger partial charge in [0.25, 0.3) is 0 Å². The normalized spacial score (nSPS) is 14.0. The topological polar surface area (TPSA) is 56.6 Å². The second-order valence-corrected chi connectivity index (χ2v) is 9.35. The molecule has 1 aromatic heterocycles. The van der Waals surface area contributed by atoms with Crippen LogP contribution in [0.3, 0.4) is 0 Å². The second kappa shape index (κ2) is 10.8. The van der Waals surface area contributed by atoms with Crippen molar-refractivity contribution in [1.82, 2.24) is 14.9 Å². The van der Waals surface area contributed by atoms with Gasteiger partial charge in [0.05, 0.1) is 41.3 Å². The number of fused-ring (bicyclic) bond motifs is 1. The minimum atomic E-state index is -4.54. The van der Waals surface area contributed by atoms with Gasteiger partial charge in [-0.3, -0.25) is 9.80 Å². The highest BCUT2D eigenvalue weighted by Crippen LogP contribution is 2.42. The zero-order valence-electron chi connectivity index (χ0n) is 21.7. The molecule has 0 spiro atoms. The van der Waals surface area contributed by atoms with Gasteiger partial charge in [-0.15, -0.1) is 0 Å². The molecule has 202 valence electrons. The minimum Gasteiger partial charge on any atom is -0.352 e. The average molecular weight is 535 g/mol. The van der Waals surface area contributed by atoms with Gasteiger partial charge in [-0.1, -0.05) is 30.3 Å². The Kier molecular flexibility index (Phi) is 7.30. The Bertz CT molecular complexity index is 1440. The fraction of sp³-hybridized carbons (Fsp3) is 0.241. The lowest BCUT2D eigenvalue weighted by molar-refractivity contribution is -0.137. The van der Waals surface area contributed by atoms with E-state index < -0.39 is 17.8 Å². The van der Waals surface area contributed by atoms with Crippen molar-refractivity contribution >= 4 is 28.8 Å². The molecule has 5 rings (SSSR count). The van der Waals surface area contributed by atoms with Gasteiger partial charge in [0, 0.05) is 38.6 Å². The second-order valence-electron chi connectivity index (χ2n) is 9.35. The van der Waals surface area contributed by atoms with Crippen molar-refractivity contribution in [2.24, 2.45) is 7.05 Å². The Labute approximate surface area is 225 Å². The summed E-state index contributed by atoms with van der Waals surface area (Å²) in [5.41, 5.74) is 3.19. The molecule has 0 fully saturated rings. The van der Waals surface area contributed by atoms with Gasteiger partial charge in [0.1, 0.15) is 0 Å². The number of aromatic nitrogens is 2. The maximum absolute atomic E-state index is 14.1. The van der Waals surface area contributed by atoms with Gasteiger partial charge in [-0.2, -0.15) is 13.2 Å². The number of alkyl halides is 3. The van der Waals surface area contributed by atoms with Crippen LogP contribution in [0, 0.1) is 0 Å². The number of nitrogens with one attached hydrogen (secondary N) is 1. The summed E-state index contributed by atoms with van der Waals surface area (Å²) < 4.78 is 43.0. The molecule has 1 aliphatic rings. The number of benzene rings is 3. The van der Waals surface area contributed by atoms with Crippen molar-refractivity contribution in [2.45, 2.75) is 26.2 Å². The van der Waals surface area contributed by atoms with E-state index in [4.69, 9.17) is 0 Å². The van der Waals surface area contributed by atoms with E-state index in [0.717, 1.165) is 23.4 Å². The van der Waals surface area contributed by atoms with E-state index in [1.807, 2.05) is 53.9 Å². The van der Waals surface area contributed by atoms with Crippen LogP contribution >= 0.6 is 0 Å². The molecule has 0 unspecified atom stereocenters. The monoisotopic (exact) mass is 534 g/mol. The van der Waals surface area contributed by atoms with Crippen LogP contribution in [0.25, 0.3) is 0 Å². The molecule has 1 N–H and O–H groups in total. The number of carbonyl (C=O) groups excluding carboxylic acids is 1. The maximum Gasteiger partial charge on any atom is 0.416 e. The number of urea groups is 1. The van der Waals surface area contributed by atoms with Gasteiger partial charge in [0.2, 0.25) is 0 Å². The number of halogens is 3. The number of aryl methyl sites for hydroxylation is 1. The van der Waals surface area contributed by atoms with E-state index in [9.17, 15) is 18.0 Å². The van der Waals surface area contributed by atoms with E-state index >= 15 is 0 Å². The molecule has 1 aliphatic heterocycles. The van der Waals surface area contributed by atoms with Crippen LogP contribution in [0.15, 0.2) is 85.3 Å². The molecule has 39 heavy (non-hydrogen) atoms. The average Bonchev–Trinajstić information content (AvgIpc) is 3.29. The van der Waals surface area contributed by atoms with Gasteiger partial charge < -0.3 is 14.8 Å². The SMILES string of the molecule is CCN1CN(c2ccc(CNCc3cncn3C)cc2)C(=O)N(c2ccccc2)c2cc(C(F)(F)F)ccc21. The van der Waals surface area contributed by atoms with Gasteiger partial charge in [0.15, 0.2) is 0 Å². The van der Waals surface area contributed by atoms with Crippen LogP contribution in [0.4, 0.5) is 40.7 Å². The summed E-state index contributed by atoms with van der Waals surface area (Å²) in [7, 11) is 1.94. The zero-order chi connectivity index (χ0) is 27.6. The Balaban J connectivity index is 1.47. The smallest absolute Gasteiger partial charge is 0.352 e. The van der Waals surface area contributed by atoms with E-state index in [-0.39, 0.29) is 12.4 Å². The lowest BCUT2D eigenvalue weighted by atomic mass is 10.1. The van der Waals surface area contributed by atoms with E-state index in [2.05, 4.69) is 10.3 Å². The molecular weight excluding hydrogens is 505 g/mol. The van der Waals surface area contributed by atoms with Crippen molar-refractivity contribution in [3.8, 4) is 0 Å². The van der Waals surface area contributed by atoms with Crippen molar-refractivity contribution in [1.29, 1.82) is 0 Å². The summed E-state index contributed by atoms with van der Waals surface area (Å²) in [5, 5.41) is 3.39. The van der Waals surface area contributed by atoms with E-state index in [0.29, 0.717) is 36.7 Å². The zero-order valence-corrected chi connectivity index (χ0v) is 21.7. The highest BCUT2D eigenvalue weighted by Gasteiger charge is 2.37. The summed E-state index contributed by atoms with van der Waals surface area (Å²) in [4.78, 5) is 23.1. The number of carbonyl (C=O) groups is 1. The summed E-state index contributed by atoms with van der Waals surface area (Å²) in [6, 6.07) is 19.5. The molecule has 10 heteroatoms. The maximum atomic E-state index is 14.1. The van der Waals surface area contributed by atoms with Crippen molar-refractivity contribution in [3.05, 3.63) is 102 Å². The number of amides is 2. The van der Waals surface area contributed by atoms with Gasteiger partial charge >= 0.3 is 12.2 Å². The van der Waals surface area contributed by atoms with Crippen molar-refractivity contribution < 1.29 is 18.0 Å². The van der Waals surface area contributed by atoms with Crippen LogP contribution in [-0.4, -0.2) is 28.8 Å². The lowest BCUT2D eigenvalue weighted by Crippen LogP contribution is -2.44. The molecule has 4 aromatic rings. The summed E-state index contributed by atoms with van der Waals surface area (Å²) in [5.74, 6) is 0. The van der Waals surface area contributed by atoms with Crippen LogP contribution < -0.4 is 20.0 Å². The summed E-state index contributed by atoms with van der Waals surface area (Å²) >= 11 is 0. The predicted octanol–water partition coefficient (Wildman–Crippen LogP) is 6.29. The third-order valence-corrected chi connectivity index (χ3v) is 6.81. The molecule has 7 nitrogen and oxygen atoms in total. The molecule has 0 saturated carbocycles. The van der Waals surface area contributed by atoms with E-state index in [1.165, 1.54) is 11.0 Å². The molecule has 0 saturated heterocycles. The highest BCUT2D eigenvalue weighted by atomic mass is 19.4. The largest absolute Gasteiger partial charge is 0.416 e. The Hall–Kier alpha value is -4.31. The number of imidazole rings is 1. The van der Waals surface area contributed by atoms with E-state index in [1.54, 1.807) is 41.6 Å². The first-order valence-corrected chi connectivity index (χ1v) is 12.6. The Morgan fingerprint density at radius 2 is 1.67 bits per heavy atom. The van der Waals surface area contributed by atoms with Gasteiger partial charge in [-0.05, 0) is 55.0 Å². The number of para-hydroxylation sites is 1. The quantitative estimate of drug-likeness (QED) is 0.303. The lowest BCUT2D eigenvalue weighted by Gasteiger charge is -2.29. The molecule has 0 bridgehead atoms. The Morgan fingerprint density at radius 3 is 2.31 bits per heavy atom. The van der Waals surface area contributed by atoms with Crippen LogP contribution in [0.2, 0.25) is 0 Å². The number of hydrogen-bond acceptors (Lipinski definition) is 4. The standard InChI is InChI=1S/C29H29F3N6O/c1-3-36-20-37(23-12-9-21(10-13-23)16-33-17-25-18-34-19-35(25)2)28(39)38(24-7-5-4-6-8-24)27-15-22(29(30,31)32)11-14-26(27)36/h4-15,18-19,33H,3,16-17,20H2,1-2H3. The third-order valence-electron chi connectivity index (χ3n) is 6.81. The van der Waals surface area contributed by atoms with Crippen LogP contribution in [-0.2, 0) is 26.3 Å². The summed E-state index contributed by atoms with van der Waals surface area (Å²) in [6.45, 7) is 3.90. The fourth-order valence-electron chi connectivity index (χ4n) is 4.65. The first-order chi connectivity index (χ1) is 18.8. The van der Waals surface area contributed by atoms with Gasteiger partial charge in [-0.25, -0.2) is 9.78 Å². The fourth-order valence-corrected chi connectivity index (χ4v) is 4.65. The first-order valence-electron chi connectivity index (χ1n) is 12.6. The molecule has 2 heterocycles. The van der Waals surface area contributed by atoms with Crippen molar-refractivity contribution in [2.75, 3.05) is 27.9 Å². The molecule has 2 amide bonds. The molecule has 0 radical (unpaired) electrons. The van der Waals surface area contributed by atoms with Crippen LogP contribution in [0.1, 0.15) is 23.7 Å². The number of rotatable bonds is 7. The minimum absolute atomic E-state index is 0.190. The molecular formula is C29H29F3N6O. The Morgan fingerprint density at radius 1 is 0.923 bits per heavy atom. The molecule has 0 atom stereocenters. The third kappa shape index (κ3) is 5.46. The number of hydrogen-bond donors (Lipinski definition) is 1. The first kappa shape index (κ1) is 26.3. The predicted molar refractivity (Wildman–Crippen MR) is 146 cm³/mol. The molecule has 3 aromatic carbocycles. The number of nitrogens with zero attached hydrogens (tertiary/aromatic N) is 5.